The molecule has 0 fully saturated rings. The molecule has 0 spiro atoms. The highest BCUT2D eigenvalue weighted by Crippen LogP contribution is 2.19. The van der Waals surface area contributed by atoms with Gasteiger partial charge in [0.05, 0.1) is 11.4 Å². The molecule has 0 aliphatic carbocycles. The Morgan fingerprint density at radius 1 is 1.26 bits per heavy atom. The van der Waals surface area contributed by atoms with Crippen molar-refractivity contribution in [1.82, 2.24) is 4.72 Å². The maximum Gasteiger partial charge on any atom is 0.212 e. The van der Waals surface area contributed by atoms with Crippen molar-refractivity contribution in [1.29, 1.82) is 0 Å². The Hall–Kier alpha value is -1.27. The number of anilines is 1. The number of nitrogens with one attached hydrogen (secondary N) is 1. The third kappa shape index (κ3) is 6.45. The van der Waals surface area contributed by atoms with E-state index in [2.05, 4.69) is 4.72 Å². The molecule has 6 heteroatoms. The van der Waals surface area contributed by atoms with E-state index in [1.807, 2.05) is 32.9 Å². The molecular formula is C13H22N2O3S. The molecule has 0 unspecified atom stereocenters. The average molecular weight is 286 g/mol. The molecule has 0 atom stereocenters. The quantitative estimate of drug-likeness (QED) is 0.615. The molecule has 1 aromatic rings. The number of sulfonamides is 1. The minimum atomic E-state index is -3.27. The Morgan fingerprint density at radius 2 is 1.89 bits per heavy atom. The zero-order valence-electron chi connectivity index (χ0n) is 11.6. The van der Waals surface area contributed by atoms with Crippen molar-refractivity contribution >= 4 is 15.7 Å². The molecule has 0 radical (unpaired) electrons. The highest BCUT2D eigenvalue weighted by atomic mass is 32.2. The maximum absolute atomic E-state index is 11.7. The van der Waals surface area contributed by atoms with Crippen molar-refractivity contribution in [2.24, 2.45) is 5.41 Å². The van der Waals surface area contributed by atoms with E-state index in [9.17, 15) is 8.42 Å². The number of nitrogens with two attached hydrogens (primary N) is 1. The molecule has 108 valence electrons. The van der Waals surface area contributed by atoms with Crippen molar-refractivity contribution in [3.05, 3.63) is 24.3 Å². The van der Waals surface area contributed by atoms with Gasteiger partial charge in [0, 0.05) is 6.54 Å². The molecule has 0 saturated heterocycles. The standard InChI is InChI=1S/C13H22N2O3S/c1-13(2,3)10-19(16,17)15-8-9-18-12-7-5-4-6-11(12)14/h4-7,15H,8-10,14H2,1-3H3. The van der Waals surface area contributed by atoms with Gasteiger partial charge in [0.1, 0.15) is 12.4 Å². The van der Waals surface area contributed by atoms with Gasteiger partial charge in [-0.2, -0.15) is 0 Å². The van der Waals surface area contributed by atoms with Crippen molar-refractivity contribution in [2.75, 3.05) is 24.6 Å². The van der Waals surface area contributed by atoms with Gasteiger partial charge in [-0.3, -0.25) is 0 Å². The van der Waals surface area contributed by atoms with Crippen LogP contribution < -0.4 is 15.2 Å². The van der Waals surface area contributed by atoms with Gasteiger partial charge in [-0.05, 0) is 17.5 Å². The highest BCUT2D eigenvalue weighted by molar-refractivity contribution is 7.89. The van der Waals surface area contributed by atoms with Crippen LogP contribution in [0.15, 0.2) is 24.3 Å². The van der Waals surface area contributed by atoms with Gasteiger partial charge in [0.2, 0.25) is 10.0 Å². The monoisotopic (exact) mass is 286 g/mol. The van der Waals surface area contributed by atoms with Gasteiger partial charge in [-0.15, -0.1) is 0 Å². The normalized spacial score (nSPS) is 12.4. The Labute approximate surface area is 115 Å². The van der Waals surface area contributed by atoms with Crippen LogP contribution in [0.2, 0.25) is 0 Å². The lowest BCUT2D eigenvalue weighted by molar-refractivity contribution is 0.324. The first-order chi connectivity index (χ1) is 8.70. The molecule has 0 heterocycles. The van der Waals surface area contributed by atoms with Gasteiger partial charge in [-0.25, -0.2) is 13.1 Å². The van der Waals surface area contributed by atoms with E-state index in [0.717, 1.165) is 0 Å². The lowest BCUT2D eigenvalue weighted by atomic mass is 10.0. The summed E-state index contributed by atoms with van der Waals surface area (Å²) in [6.07, 6.45) is 0. The molecule has 0 amide bonds. The summed E-state index contributed by atoms with van der Waals surface area (Å²) in [5, 5.41) is 0. The van der Waals surface area contributed by atoms with Crippen LogP contribution in [0.25, 0.3) is 0 Å². The van der Waals surface area contributed by atoms with Crippen molar-refractivity contribution in [3.63, 3.8) is 0 Å². The highest BCUT2D eigenvalue weighted by Gasteiger charge is 2.20. The van der Waals surface area contributed by atoms with E-state index in [1.165, 1.54) is 0 Å². The van der Waals surface area contributed by atoms with Gasteiger partial charge in [0.15, 0.2) is 0 Å². The topological polar surface area (TPSA) is 81.4 Å². The van der Waals surface area contributed by atoms with Crippen molar-refractivity contribution in [2.45, 2.75) is 20.8 Å². The summed E-state index contributed by atoms with van der Waals surface area (Å²) in [6.45, 7) is 6.12. The molecule has 1 rings (SSSR count). The molecule has 19 heavy (non-hydrogen) atoms. The number of nitrogen functional groups attached to an aromatic ring is 1. The molecule has 0 aromatic heterocycles. The van der Waals surface area contributed by atoms with Crippen molar-refractivity contribution < 1.29 is 13.2 Å². The minimum absolute atomic E-state index is 0.0907. The first-order valence-corrected chi connectivity index (χ1v) is 7.79. The smallest absolute Gasteiger partial charge is 0.212 e. The van der Waals surface area contributed by atoms with Crippen molar-refractivity contribution in [3.8, 4) is 5.75 Å². The zero-order chi connectivity index (χ0) is 14.5. The van der Waals surface area contributed by atoms with Crippen LogP contribution in [-0.4, -0.2) is 27.3 Å². The molecule has 1 aromatic carbocycles. The summed E-state index contributed by atoms with van der Waals surface area (Å²) >= 11 is 0. The fourth-order valence-electron chi connectivity index (χ4n) is 1.59. The number of ether oxygens (including phenoxy) is 1. The number of hydrogen-bond donors (Lipinski definition) is 2. The first kappa shape index (κ1) is 15.8. The third-order valence-corrected chi connectivity index (χ3v) is 4.11. The molecule has 0 bridgehead atoms. The van der Waals surface area contributed by atoms with E-state index >= 15 is 0 Å². The van der Waals surface area contributed by atoms with E-state index in [-0.39, 0.29) is 24.3 Å². The molecule has 0 aliphatic rings. The van der Waals surface area contributed by atoms with Crippen LogP contribution >= 0.6 is 0 Å². The summed E-state index contributed by atoms with van der Waals surface area (Å²) in [4.78, 5) is 0. The van der Waals surface area contributed by atoms with Crippen LogP contribution in [0.4, 0.5) is 5.69 Å². The van der Waals surface area contributed by atoms with Gasteiger partial charge in [-0.1, -0.05) is 32.9 Å². The molecule has 3 N–H and O–H groups in total. The second-order valence-electron chi connectivity index (χ2n) is 5.60. The van der Waals surface area contributed by atoms with Crippen LogP contribution in [0.3, 0.4) is 0 Å². The van der Waals surface area contributed by atoms with E-state index < -0.39 is 10.0 Å². The fraction of sp³-hybridized carbons (Fsp3) is 0.538. The molecule has 0 aliphatic heterocycles. The number of hydrogen-bond acceptors (Lipinski definition) is 4. The Morgan fingerprint density at radius 3 is 2.47 bits per heavy atom. The molecular weight excluding hydrogens is 264 g/mol. The summed E-state index contributed by atoms with van der Waals surface area (Å²) in [7, 11) is -3.27. The lowest BCUT2D eigenvalue weighted by Crippen LogP contribution is -2.34. The Bertz CT molecular complexity index is 507. The first-order valence-electron chi connectivity index (χ1n) is 6.14. The van der Waals surface area contributed by atoms with Gasteiger partial charge in [0.25, 0.3) is 0 Å². The van der Waals surface area contributed by atoms with E-state index in [1.54, 1.807) is 12.1 Å². The van der Waals surface area contributed by atoms with Crippen LogP contribution in [0.5, 0.6) is 5.75 Å². The minimum Gasteiger partial charge on any atom is -0.490 e. The summed E-state index contributed by atoms with van der Waals surface area (Å²) in [5.74, 6) is 0.658. The third-order valence-electron chi connectivity index (χ3n) is 2.22. The van der Waals surface area contributed by atoms with Crippen LogP contribution in [0, 0.1) is 5.41 Å². The second kappa shape index (κ2) is 6.25. The predicted octanol–water partition coefficient (Wildman–Crippen LogP) is 1.61. The number of rotatable bonds is 6. The van der Waals surface area contributed by atoms with Gasteiger partial charge < -0.3 is 10.5 Å². The Kier molecular flexibility index (Phi) is 5.20. The molecule has 5 nitrogen and oxygen atoms in total. The predicted molar refractivity (Wildman–Crippen MR) is 77.6 cm³/mol. The summed E-state index contributed by atoms with van der Waals surface area (Å²) in [5.41, 5.74) is 5.98. The number of para-hydroxylation sites is 2. The van der Waals surface area contributed by atoms with Crippen LogP contribution in [0.1, 0.15) is 20.8 Å². The largest absolute Gasteiger partial charge is 0.490 e. The second-order valence-corrected chi connectivity index (χ2v) is 7.41. The number of benzene rings is 1. The summed E-state index contributed by atoms with van der Waals surface area (Å²) in [6, 6.07) is 7.11. The van der Waals surface area contributed by atoms with E-state index in [4.69, 9.17) is 10.5 Å². The maximum atomic E-state index is 11.7. The SMILES string of the molecule is CC(C)(C)CS(=O)(=O)NCCOc1ccccc1N. The fourth-order valence-corrected chi connectivity index (χ4v) is 3.23. The van der Waals surface area contributed by atoms with E-state index in [0.29, 0.717) is 11.4 Å². The zero-order valence-corrected chi connectivity index (χ0v) is 12.5. The summed E-state index contributed by atoms with van der Waals surface area (Å²) < 4.78 is 31.4. The van der Waals surface area contributed by atoms with Gasteiger partial charge >= 0.3 is 0 Å². The van der Waals surface area contributed by atoms with Crippen LogP contribution in [-0.2, 0) is 10.0 Å². The molecule has 0 saturated carbocycles. The average Bonchev–Trinajstić information content (AvgIpc) is 2.23. The lowest BCUT2D eigenvalue weighted by Gasteiger charge is -2.18. The Balaban J connectivity index is 2.37.